The van der Waals surface area contributed by atoms with E-state index in [1.54, 1.807) is 37.0 Å². The van der Waals surface area contributed by atoms with Crippen LogP contribution in [0.1, 0.15) is 19.6 Å². The first-order valence-electron chi connectivity index (χ1n) is 7.57. The number of carbonyl (C=O) groups excluding carboxylic acids is 3. The molecule has 1 aliphatic heterocycles. The summed E-state index contributed by atoms with van der Waals surface area (Å²) in [5, 5.41) is 2.58. The molecule has 7 heteroatoms. The molecule has 124 valence electrons. The van der Waals surface area contributed by atoms with Crippen molar-refractivity contribution in [3.05, 3.63) is 30.2 Å². The maximum atomic E-state index is 12.1. The van der Waals surface area contributed by atoms with Gasteiger partial charge < -0.3 is 19.5 Å². The fourth-order valence-corrected chi connectivity index (χ4v) is 2.24. The Morgan fingerprint density at radius 2 is 1.83 bits per heavy atom. The Labute approximate surface area is 134 Å². The molecule has 0 aromatic carbocycles. The molecule has 7 nitrogen and oxygen atoms in total. The van der Waals surface area contributed by atoms with Crippen LogP contribution in [0.4, 0.5) is 0 Å². The maximum Gasteiger partial charge on any atom is 0.312 e. The first kappa shape index (κ1) is 16.8. The second-order valence-corrected chi connectivity index (χ2v) is 5.59. The quantitative estimate of drug-likeness (QED) is 0.649. The summed E-state index contributed by atoms with van der Waals surface area (Å²) in [5.74, 6) is -0.674. The zero-order chi connectivity index (χ0) is 16.8. The van der Waals surface area contributed by atoms with Gasteiger partial charge in [0.2, 0.25) is 5.91 Å². The highest BCUT2D eigenvalue weighted by Gasteiger charge is 2.27. The monoisotopic (exact) mass is 319 g/mol. The third-order valence-corrected chi connectivity index (χ3v) is 3.43. The lowest BCUT2D eigenvalue weighted by Crippen LogP contribution is -2.54. The van der Waals surface area contributed by atoms with Gasteiger partial charge in [-0.25, -0.2) is 0 Å². The summed E-state index contributed by atoms with van der Waals surface area (Å²) in [5.41, 5.74) is 0. The van der Waals surface area contributed by atoms with Crippen molar-refractivity contribution in [2.75, 3.05) is 26.2 Å². The Morgan fingerprint density at radius 1 is 1.17 bits per heavy atom. The van der Waals surface area contributed by atoms with E-state index in [9.17, 15) is 14.4 Å². The Kier molecular flexibility index (Phi) is 5.56. The Bertz CT molecular complexity index is 584. The zero-order valence-electron chi connectivity index (χ0n) is 13.3. The molecule has 0 spiro atoms. The first-order valence-corrected chi connectivity index (χ1v) is 7.57. The van der Waals surface area contributed by atoms with Crippen LogP contribution in [0.2, 0.25) is 0 Å². The van der Waals surface area contributed by atoms with Crippen molar-refractivity contribution in [3.8, 4) is 0 Å². The van der Waals surface area contributed by atoms with Crippen molar-refractivity contribution in [1.82, 2.24) is 15.1 Å². The summed E-state index contributed by atoms with van der Waals surface area (Å²) in [6.45, 7) is 5.11. The van der Waals surface area contributed by atoms with Crippen LogP contribution in [0, 0.1) is 0 Å². The number of amides is 3. The largest absolute Gasteiger partial charge is 0.465 e. The lowest BCUT2D eigenvalue weighted by Gasteiger charge is -2.33. The predicted octanol–water partition coefficient (Wildman–Crippen LogP) is 0.488. The minimum Gasteiger partial charge on any atom is -0.465 e. The van der Waals surface area contributed by atoms with E-state index in [2.05, 4.69) is 5.32 Å². The molecule has 0 aliphatic carbocycles. The average Bonchev–Trinajstić information content (AvgIpc) is 3.04. The molecule has 0 atom stereocenters. The molecule has 3 amide bonds. The van der Waals surface area contributed by atoms with Gasteiger partial charge in [0.25, 0.3) is 0 Å². The Hall–Kier alpha value is -2.57. The van der Waals surface area contributed by atoms with E-state index in [4.69, 9.17) is 4.42 Å². The molecular weight excluding hydrogens is 298 g/mol. The third-order valence-electron chi connectivity index (χ3n) is 3.43. The van der Waals surface area contributed by atoms with Gasteiger partial charge in [-0.3, -0.25) is 14.4 Å². The fourth-order valence-electron chi connectivity index (χ4n) is 2.24. The topological polar surface area (TPSA) is 82.9 Å². The van der Waals surface area contributed by atoms with Gasteiger partial charge in [0.1, 0.15) is 5.76 Å². The molecule has 1 aromatic rings. The minimum atomic E-state index is -0.600. The van der Waals surface area contributed by atoms with E-state index < -0.39 is 11.8 Å². The van der Waals surface area contributed by atoms with E-state index in [1.807, 2.05) is 0 Å². The molecule has 0 saturated carbocycles. The molecule has 0 bridgehead atoms. The Balaban J connectivity index is 1.82. The highest BCUT2D eigenvalue weighted by atomic mass is 16.3. The van der Waals surface area contributed by atoms with Crippen LogP contribution in [0.5, 0.6) is 0 Å². The summed E-state index contributed by atoms with van der Waals surface area (Å²) in [6, 6.07) is 3.42. The number of nitrogens with one attached hydrogen (secondary N) is 1. The molecule has 1 aromatic heterocycles. The van der Waals surface area contributed by atoms with Crippen LogP contribution in [-0.2, 0) is 14.4 Å². The third kappa shape index (κ3) is 4.70. The van der Waals surface area contributed by atoms with E-state index in [0.717, 1.165) is 0 Å². The van der Waals surface area contributed by atoms with Crippen LogP contribution in [0.25, 0.3) is 6.08 Å². The molecule has 1 aliphatic rings. The molecule has 0 radical (unpaired) electrons. The highest BCUT2D eigenvalue weighted by molar-refractivity contribution is 6.35. The Morgan fingerprint density at radius 3 is 2.39 bits per heavy atom. The number of rotatable bonds is 3. The van der Waals surface area contributed by atoms with Crippen molar-refractivity contribution in [3.63, 3.8) is 0 Å². The van der Waals surface area contributed by atoms with Gasteiger partial charge in [0, 0.05) is 38.3 Å². The minimum absolute atomic E-state index is 0.0824. The molecule has 2 rings (SSSR count). The zero-order valence-corrected chi connectivity index (χ0v) is 13.3. The van der Waals surface area contributed by atoms with Crippen molar-refractivity contribution < 1.29 is 18.8 Å². The summed E-state index contributed by atoms with van der Waals surface area (Å²) >= 11 is 0. The van der Waals surface area contributed by atoms with Gasteiger partial charge in [-0.15, -0.1) is 0 Å². The highest BCUT2D eigenvalue weighted by Crippen LogP contribution is 2.06. The van der Waals surface area contributed by atoms with Crippen LogP contribution in [-0.4, -0.2) is 59.7 Å². The number of hydrogen-bond donors (Lipinski definition) is 1. The molecule has 1 saturated heterocycles. The number of piperazine rings is 1. The van der Waals surface area contributed by atoms with Gasteiger partial charge in [0.05, 0.1) is 6.26 Å². The van der Waals surface area contributed by atoms with Crippen LogP contribution in [0.15, 0.2) is 28.9 Å². The first-order chi connectivity index (χ1) is 11.0. The molecule has 0 unspecified atom stereocenters. The second kappa shape index (κ2) is 7.62. The van der Waals surface area contributed by atoms with Crippen molar-refractivity contribution in [2.45, 2.75) is 19.9 Å². The van der Waals surface area contributed by atoms with E-state index in [0.29, 0.717) is 31.9 Å². The molecular formula is C16H21N3O4. The lowest BCUT2D eigenvalue weighted by molar-refractivity contribution is -0.148. The van der Waals surface area contributed by atoms with Gasteiger partial charge in [-0.1, -0.05) is 0 Å². The number of carbonyl (C=O) groups is 3. The number of hydrogen-bond acceptors (Lipinski definition) is 4. The fraction of sp³-hybridized carbons (Fsp3) is 0.438. The van der Waals surface area contributed by atoms with E-state index in [1.165, 1.54) is 17.2 Å². The average molecular weight is 319 g/mol. The summed E-state index contributed by atoms with van der Waals surface area (Å²) in [4.78, 5) is 38.8. The van der Waals surface area contributed by atoms with Crippen molar-refractivity contribution in [2.24, 2.45) is 0 Å². The predicted molar refractivity (Wildman–Crippen MR) is 84.2 cm³/mol. The van der Waals surface area contributed by atoms with Crippen LogP contribution < -0.4 is 5.32 Å². The number of nitrogens with zero attached hydrogens (tertiary/aromatic N) is 2. The normalized spacial score (nSPS) is 15.3. The summed E-state index contributed by atoms with van der Waals surface area (Å²) in [7, 11) is 0. The maximum absolute atomic E-state index is 12.1. The van der Waals surface area contributed by atoms with Gasteiger partial charge in [-0.05, 0) is 32.1 Å². The SMILES string of the molecule is CC(C)NC(=O)C(=O)N1CCN(C(=O)/C=C/c2ccco2)CC1. The lowest BCUT2D eigenvalue weighted by atomic mass is 10.2. The van der Waals surface area contributed by atoms with Crippen molar-refractivity contribution in [1.29, 1.82) is 0 Å². The van der Waals surface area contributed by atoms with E-state index in [-0.39, 0.29) is 11.9 Å². The van der Waals surface area contributed by atoms with Gasteiger partial charge in [0.15, 0.2) is 0 Å². The summed E-state index contributed by atoms with van der Waals surface area (Å²) < 4.78 is 5.12. The smallest absolute Gasteiger partial charge is 0.312 e. The van der Waals surface area contributed by atoms with Crippen LogP contribution in [0.3, 0.4) is 0 Å². The van der Waals surface area contributed by atoms with E-state index >= 15 is 0 Å². The molecule has 1 fully saturated rings. The van der Waals surface area contributed by atoms with Gasteiger partial charge >= 0.3 is 11.8 Å². The van der Waals surface area contributed by atoms with Crippen molar-refractivity contribution >= 4 is 23.8 Å². The molecule has 23 heavy (non-hydrogen) atoms. The second-order valence-electron chi connectivity index (χ2n) is 5.59. The van der Waals surface area contributed by atoms with Gasteiger partial charge in [-0.2, -0.15) is 0 Å². The van der Waals surface area contributed by atoms with Crippen LogP contribution >= 0.6 is 0 Å². The standard InChI is InChI=1S/C16H21N3O4/c1-12(2)17-15(21)16(22)19-9-7-18(8-10-19)14(20)6-5-13-4-3-11-23-13/h3-6,11-12H,7-10H2,1-2H3,(H,17,21)/b6-5+. The summed E-state index contributed by atoms with van der Waals surface area (Å²) in [6.07, 6.45) is 4.59. The molecule has 2 heterocycles. The molecule has 1 N–H and O–H groups in total. The number of furan rings is 1.